The van der Waals surface area contributed by atoms with Crippen LogP contribution in [0.15, 0.2) is 0 Å². The zero-order valence-electron chi connectivity index (χ0n) is 9.39. The van der Waals surface area contributed by atoms with E-state index in [1.165, 1.54) is 0 Å². The number of unbranched alkanes of at least 4 members (excludes halogenated alkanes) is 1. The molecular weight excluding hydrogens is 221 g/mol. The van der Waals surface area contributed by atoms with Crippen LogP contribution in [-0.4, -0.2) is 36.7 Å². The van der Waals surface area contributed by atoms with Crippen molar-refractivity contribution in [1.29, 1.82) is 0 Å². The Labute approximate surface area is 91.0 Å². The van der Waals surface area contributed by atoms with Gasteiger partial charge in [-0.05, 0) is 19.4 Å². The Morgan fingerprint density at radius 3 is 2.13 bits per heavy atom. The Morgan fingerprint density at radius 1 is 1.27 bits per heavy atom. The molecule has 0 aliphatic heterocycles. The van der Waals surface area contributed by atoms with Crippen molar-refractivity contribution >= 4 is 7.82 Å². The van der Waals surface area contributed by atoms with Crippen molar-refractivity contribution in [3.05, 3.63) is 0 Å². The molecule has 6 nitrogen and oxygen atoms in total. The number of phosphoric ester groups is 1. The number of hydrogen-bond donors (Lipinski definition) is 3. The van der Waals surface area contributed by atoms with Crippen LogP contribution in [0.25, 0.3) is 0 Å². The van der Waals surface area contributed by atoms with Gasteiger partial charge in [0.1, 0.15) is 0 Å². The average molecular weight is 243 g/mol. The van der Waals surface area contributed by atoms with Gasteiger partial charge in [-0.15, -0.1) is 0 Å². The molecule has 7 heteroatoms. The third kappa shape index (κ3) is 24.9. The zero-order chi connectivity index (χ0) is 12.2. The average Bonchev–Trinajstić information content (AvgIpc) is 2.14. The molecule has 0 fully saturated rings. The van der Waals surface area contributed by atoms with E-state index in [0.29, 0.717) is 6.42 Å². The topological polar surface area (TPSA) is 102 Å². The zero-order valence-corrected chi connectivity index (χ0v) is 10.3. The van der Waals surface area contributed by atoms with Crippen molar-refractivity contribution in [3.63, 3.8) is 0 Å². The molecule has 4 N–H and O–H groups in total. The summed E-state index contributed by atoms with van der Waals surface area (Å²) in [6, 6.07) is 0. The number of hydrogen-bond acceptors (Lipinski definition) is 4. The van der Waals surface area contributed by atoms with Crippen LogP contribution in [0.2, 0.25) is 0 Å². The summed E-state index contributed by atoms with van der Waals surface area (Å²) >= 11 is 0. The summed E-state index contributed by atoms with van der Waals surface area (Å²) in [5.41, 5.74) is 5.13. The molecule has 15 heavy (non-hydrogen) atoms. The predicted octanol–water partition coefficient (Wildman–Crippen LogP) is 0.877. The van der Waals surface area contributed by atoms with Crippen LogP contribution in [0.3, 0.4) is 0 Å². The molecule has 0 rings (SSSR count). The van der Waals surface area contributed by atoms with Crippen molar-refractivity contribution in [2.45, 2.75) is 26.2 Å². The van der Waals surface area contributed by atoms with Crippen LogP contribution >= 0.6 is 7.82 Å². The van der Waals surface area contributed by atoms with E-state index in [2.05, 4.69) is 4.52 Å². The van der Waals surface area contributed by atoms with E-state index in [9.17, 15) is 4.57 Å². The monoisotopic (exact) mass is 243 g/mol. The Bertz CT molecular complexity index is 157. The molecule has 0 heterocycles. The minimum Gasteiger partial charge on any atom is -0.385 e. The SMILES string of the molecule is CCCCOP(=O)(O)O.COCCCN. The highest BCUT2D eigenvalue weighted by molar-refractivity contribution is 7.46. The third-order valence-corrected chi connectivity index (χ3v) is 1.83. The van der Waals surface area contributed by atoms with E-state index in [-0.39, 0.29) is 6.61 Å². The van der Waals surface area contributed by atoms with Crippen molar-refractivity contribution in [1.82, 2.24) is 0 Å². The van der Waals surface area contributed by atoms with Gasteiger partial charge in [-0.2, -0.15) is 0 Å². The Kier molecular flexibility index (Phi) is 14.1. The van der Waals surface area contributed by atoms with E-state index in [0.717, 1.165) is 26.0 Å². The molecule has 0 saturated heterocycles. The highest BCUT2D eigenvalue weighted by Crippen LogP contribution is 2.35. The molecule has 0 unspecified atom stereocenters. The molecule has 0 aliphatic carbocycles. The van der Waals surface area contributed by atoms with E-state index in [1.54, 1.807) is 7.11 Å². The molecule has 0 aromatic carbocycles. The Balaban J connectivity index is 0. The largest absolute Gasteiger partial charge is 0.469 e. The number of rotatable bonds is 7. The van der Waals surface area contributed by atoms with Crippen molar-refractivity contribution in [2.24, 2.45) is 5.73 Å². The summed E-state index contributed by atoms with van der Waals surface area (Å²) in [6.07, 6.45) is 2.53. The predicted molar refractivity (Wildman–Crippen MR) is 58.5 cm³/mol. The summed E-state index contributed by atoms with van der Waals surface area (Å²) in [5.74, 6) is 0. The van der Waals surface area contributed by atoms with Gasteiger partial charge in [0.2, 0.25) is 0 Å². The van der Waals surface area contributed by atoms with Crippen LogP contribution in [0.1, 0.15) is 26.2 Å². The Hall–Kier alpha value is 0.0300. The first-order valence-corrected chi connectivity index (χ1v) is 6.40. The van der Waals surface area contributed by atoms with E-state index >= 15 is 0 Å². The number of ether oxygens (including phenoxy) is 1. The van der Waals surface area contributed by atoms with Gasteiger partial charge in [-0.3, -0.25) is 4.52 Å². The second-order valence-corrected chi connectivity index (χ2v) is 4.05. The first-order valence-electron chi connectivity index (χ1n) is 4.87. The minimum atomic E-state index is -4.20. The van der Waals surface area contributed by atoms with E-state index in [4.69, 9.17) is 20.3 Å². The maximum absolute atomic E-state index is 9.98. The number of phosphoric acid groups is 1. The van der Waals surface area contributed by atoms with Gasteiger partial charge in [0.25, 0.3) is 0 Å². The van der Waals surface area contributed by atoms with Gasteiger partial charge in [0.15, 0.2) is 0 Å². The number of methoxy groups -OCH3 is 1. The van der Waals surface area contributed by atoms with Crippen LogP contribution in [0.4, 0.5) is 0 Å². The van der Waals surface area contributed by atoms with Crippen LogP contribution in [-0.2, 0) is 13.8 Å². The molecule has 0 amide bonds. The summed E-state index contributed by atoms with van der Waals surface area (Å²) in [4.78, 5) is 16.3. The van der Waals surface area contributed by atoms with Crippen LogP contribution in [0.5, 0.6) is 0 Å². The number of nitrogens with two attached hydrogens (primary N) is 1. The molecule has 0 saturated carbocycles. The van der Waals surface area contributed by atoms with Crippen molar-refractivity contribution in [2.75, 3.05) is 26.9 Å². The normalized spacial score (nSPS) is 10.7. The van der Waals surface area contributed by atoms with Gasteiger partial charge in [-0.25, -0.2) is 4.57 Å². The lowest BCUT2D eigenvalue weighted by molar-refractivity contribution is 0.194. The summed E-state index contributed by atoms with van der Waals surface area (Å²) < 4.78 is 18.8. The molecule has 0 atom stereocenters. The smallest absolute Gasteiger partial charge is 0.385 e. The first-order chi connectivity index (χ1) is 6.97. The molecule has 0 aromatic rings. The highest BCUT2D eigenvalue weighted by Gasteiger charge is 2.11. The fraction of sp³-hybridized carbons (Fsp3) is 1.00. The fourth-order valence-electron chi connectivity index (χ4n) is 0.555. The van der Waals surface area contributed by atoms with Crippen LogP contribution in [0, 0.1) is 0 Å². The molecule has 0 aromatic heterocycles. The third-order valence-electron chi connectivity index (χ3n) is 1.31. The van der Waals surface area contributed by atoms with Gasteiger partial charge in [0, 0.05) is 13.7 Å². The maximum Gasteiger partial charge on any atom is 0.469 e. The second kappa shape index (κ2) is 12.1. The summed E-state index contributed by atoms with van der Waals surface area (Å²) in [5, 5.41) is 0. The van der Waals surface area contributed by atoms with Gasteiger partial charge >= 0.3 is 7.82 Å². The lowest BCUT2D eigenvalue weighted by Crippen LogP contribution is -2.01. The maximum atomic E-state index is 9.98. The van der Waals surface area contributed by atoms with Gasteiger partial charge < -0.3 is 20.3 Å². The van der Waals surface area contributed by atoms with Crippen molar-refractivity contribution in [3.8, 4) is 0 Å². The molecule has 0 bridgehead atoms. The molecule has 0 spiro atoms. The Morgan fingerprint density at radius 2 is 1.87 bits per heavy atom. The van der Waals surface area contributed by atoms with Gasteiger partial charge in [-0.1, -0.05) is 13.3 Å². The van der Waals surface area contributed by atoms with Crippen molar-refractivity contribution < 1.29 is 23.6 Å². The minimum absolute atomic E-state index is 0.140. The van der Waals surface area contributed by atoms with E-state index < -0.39 is 7.82 Å². The summed E-state index contributed by atoms with van der Waals surface area (Å²) in [7, 11) is -2.52. The standard InChI is InChI=1S/C4H11NO.C4H11O4P/c1-6-4-2-3-5;1-2-3-4-8-9(5,6)7/h2-5H2,1H3;2-4H2,1H3,(H2,5,6,7). The molecular formula is C8H22NO5P. The fourth-order valence-corrected chi connectivity index (χ4v) is 0.922. The van der Waals surface area contributed by atoms with E-state index in [1.807, 2.05) is 6.92 Å². The quantitative estimate of drug-likeness (QED) is 0.453. The first kappa shape index (κ1) is 17.4. The lowest BCUT2D eigenvalue weighted by Gasteiger charge is -2.02. The van der Waals surface area contributed by atoms with Crippen LogP contribution < -0.4 is 5.73 Å². The molecule has 0 radical (unpaired) electrons. The summed E-state index contributed by atoms with van der Waals surface area (Å²) in [6.45, 7) is 3.58. The lowest BCUT2D eigenvalue weighted by atomic mass is 10.4. The molecule has 94 valence electrons. The van der Waals surface area contributed by atoms with Gasteiger partial charge in [0.05, 0.1) is 6.61 Å². The highest BCUT2D eigenvalue weighted by atomic mass is 31.2. The molecule has 0 aliphatic rings. The second-order valence-electron chi connectivity index (χ2n) is 2.81.